The summed E-state index contributed by atoms with van der Waals surface area (Å²) in [6.45, 7) is 0. The molecule has 0 atom stereocenters. The number of anilines is 2. The van der Waals surface area contributed by atoms with Crippen LogP contribution in [0, 0.1) is 10.1 Å². The predicted molar refractivity (Wildman–Crippen MR) is 162 cm³/mol. The maximum absolute atomic E-state index is 13.5. The maximum Gasteiger partial charge on any atom is 0.283 e. The Bertz CT molecular complexity index is 1610. The molecule has 1 aliphatic heterocycles. The molecule has 0 unspecified atom stereocenters. The Morgan fingerprint density at radius 1 is 0.950 bits per heavy atom. The molecule has 40 heavy (non-hydrogen) atoms. The van der Waals surface area contributed by atoms with Crippen molar-refractivity contribution in [2.75, 3.05) is 16.0 Å². The lowest BCUT2D eigenvalue weighted by molar-refractivity contribution is -0.387. The van der Waals surface area contributed by atoms with E-state index in [-0.39, 0.29) is 23.3 Å². The largest absolute Gasteiger partial charge is 0.325 e. The summed E-state index contributed by atoms with van der Waals surface area (Å²) in [5.74, 6) is -0.531. The van der Waals surface area contributed by atoms with Gasteiger partial charge in [0.1, 0.15) is 0 Å². The second-order valence-corrected chi connectivity index (χ2v) is 10.5. The molecular formula is C30H22N4O4S2. The van der Waals surface area contributed by atoms with Gasteiger partial charge in [-0.15, -0.1) is 11.8 Å². The summed E-state index contributed by atoms with van der Waals surface area (Å²) < 4.78 is 0. The SMILES string of the molecule is O=C(CSc1ccc(/C=C2\SC(=Nc3ccccc3)N(c3ccccc3)C2=O)cc1[N+](=O)[O-])Nc1ccccc1. The van der Waals surface area contributed by atoms with E-state index in [2.05, 4.69) is 10.3 Å². The molecule has 10 heteroatoms. The highest BCUT2D eigenvalue weighted by Gasteiger charge is 2.34. The van der Waals surface area contributed by atoms with E-state index in [4.69, 9.17) is 0 Å². The fraction of sp³-hybridized carbons (Fsp3) is 0.0333. The summed E-state index contributed by atoms with van der Waals surface area (Å²) in [5, 5.41) is 15.1. The average Bonchev–Trinajstić information content (AvgIpc) is 3.27. The first-order valence-corrected chi connectivity index (χ1v) is 14.0. The molecule has 0 saturated carbocycles. The number of amides is 2. The van der Waals surface area contributed by atoms with Gasteiger partial charge in [0, 0.05) is 11.8 Å². The molecule has 1 fully saturated rings. The number of rotatable bonds is 8. The lowest BCUT2D eigenvalue weighted by Crippen LogP contribution is -2.28. The zero-order valence-electron chi connectivity index (χ0n) is 21.0. The van der Waals surface area contributed by atoms with Crippen LogP contribution >= 0.6 is 23.5 Å². The van der Waals surface area contributed by atoms with Crippen LogP contribution in [0.2, 0.25) is 0 Å². The Labute approximate surface area is 239 Å². The van der Waals surface area contributed by atoms with Gasteiger partial charge in [-0.3, -0.25) is 24.6 Å². The number of thioether (sulfide) groups is 2. The van der Waals surface area contributed by atoms with Gasteiger partial charge in [0.15, 0.2) is 5.17 Å². The van der Waals surface area contributed by atoms with Crippen molar-refractivity contribution < 1.29 is 14.5 Å². The Morgan fingerprint density at radius 2 is 1.60 bits per heavy atom. The molecule has 1 aliphatic rings. The van der Waals surface area contributed by atoms with Crippen LogP contribution in [0.15, 0.2) is 124 Å². The van der Waals surface area contributed by atoms with Crippen LogP contribution in [0.5, 0.6) is 0 Å². The molecule has 4 aromatic carbocycles. The standard InChI is InChI=1S/C30H22N4O4S2/c35-28(31-22-10-4-1-5-11-22)20-39-26-17-16-21(18-25(26)34(37)38)19-27-29(36)33(24-14-8-3-9-15-24)30(40-27)32-23-12-6-2-7-13-23/h1-19H,20H2,(H,31,35)/b27-19-,32-30?. The van der Waals surface area contributed by atoms with E-state index < -0.39 is 4.92 Å². The highest BCUT2D eigenvalue weighted by atomic mass is 32.2. The fourth-order valence-electron chi connectivity index (χ4n) is 3.87. The van der Waals surface area contributed by atoms with E-state index in [9.17, 15) is 19.7 Å². The number of para-hydroxylation sites is 3. The van der Waals surface area contributed by atoms with E-state index in [1.807, 2.05) is 78.9 Å². The highest BCUT2D eigenvalue weighted by Crippen LogP contribution is 2.38. The van der Waals surface area contributed by atoms with Gasteiger partial charge in [-0.2, -0.15) is 0 Å². The molecule has 4 aromatic rings. The maximum atomic E-state index is 13.5. The molecule has 2 amide bonds. The van der Waals surface area contributed by atoms with Gasteiger partial charge in [0.05, 0.1) is 31.9 Å². The number of nitro groups is 1. The summed E-state index contributed by atoms with van der Waals surface area (Å²) in [6, 6.07) is 32.2. The summed E-state index contributed by atoms with van der Waals surface area (Å²) in [6.07, 6.45) is 1.63. The Balaban J connectivity index is 1.39. The lowest BCUT2D eigenvalue weighted by atomic mass is 10.2. The third-order valence-corrected chi connectivity index (χ3v) is 7.73. The van der Waals surface area contributed by atoms with Crippen LogP contribution in [-0.2, 0) is 9.59 Å². The molecule has 1 heterocycles. The van der Waals surface area contributed by atoms with E-state index in [1.165, 1.54) is 22.7 Å². The Morgan fingerprint density at radius 3 is 2.27 bits per heavy atom. The molecule has 1 saturated heterocycles. The van der Waals surface area contributed by atoms with Gasteiger partial charge in [0.25, 0.3) is 11.6 Å². The van der Waals surface area contributed by atoms with Gasteiger partial charge in [-0.25, -0.2) is 4.99 Å². The third-order valence-electron chi connectivity index (χ3n) is 5.70. The third kappa shape index (κ3) is 6.48. The molecule has 1 N–H and O–H groups in total. The van der Waals surface area contributed by atoms with Crippen LogP contribution in [0.4, 0.5) is 22.7 Å². The molecule has 0 radical (unpaired) electrons. The fourth-order valence-corrected chi connectivity index (χ4v) is 5.67. The molecule has 8 nitrogen and oxygen atoms in total. The van der Waals surface area contributed by atoms with Gasteiger partial charge in [-0.1, -0.05) is 60.7 Å². The van der Waals surface area contributed by atoms with Crippen molar-refractivity contribution in [2.45, 2.75) is 4.90 Å². The Hall–Kier alpha value is -4.67. The minimum Gasteiger partial charge on any atom is -0.325 e. The minimum absolute atomic E-state index is 0.00978. The average molecular weight is 567 g/mol. The molecule has 5 rings (SSSR count). The van der Waals surface area contributed by atoms with E-state index in [1.54, 1.807) is 30.3 Å². The number of hydrogen-bond acceptors (Lipinski definition) is 7. The first kappa shape index (κ1) is 26.9. The number of aliphatic imine (C=N–C) groups is 1. The van der Waals surface area contributed by atoms with Crippen molar-refractivity contribution in [1.82, 2.24) is 0 Å². The number of carbonyl (C=O) groups excluding carboxylic acids is 2. The van der Waals surface area contributed by atoms with Gasteiger partial charge in [0.2, 0.25) is 5.91 Å². The second kappa shape index (κ2) is 12.5. The van der Waals surface area contributed by atoms with Gasteiger partial charge < -0.3 is 5.32 Å². The molecule has 198 valence electrons. The zero-order valence-corrected chi connectivity index (χ0v) is 22.6. The van der Waals surface area contributed by atoms with Crippen LogP contribution in [-0.4, -0.2) is 27.7 Å². The molecule has 0 bridgehead atoms. The van der Waals surface area contributed by atoms with E-state index in [0.717, 1.165) is 11.8 Å². The number of nitrogens with one attached hydrogen (secondary N) is 1. The zero-order chi connectivity index (χ0) is 27.9. The molecule has 0 aliphatic carbocycles. The Kier molecular flexibility index (Phi) is 8.38. The summed E-state index contributed by atoms with van der Waals surface area (Å²) in [5.41, 5.74) is 2.39. The molecular weight excluding hydrogens is 544 g/mol. The van der Waals surface area contributed by atoms with Crippen molar-refractivity contribution in [1.29, 1.82) is 0 Å². The molecule has 0 aromatic heterocycles. The number of nitro benzene ring substituents is 1. The van der Waals surface area contributed by atoms with Crippen molar-refractivity contribution in [2.24, 2.45) is 4.99 Å². The van der Waals surface area contributed by atoms with Gasteiger partial charge in [-0.05, 0) is 65.9 Å². The summed E-state index contributed by atoms with van der Waals surface area (Å²) in [7, 11) is 0. The van der Waals surface area contributed by atoms with Crippen molar-refractivity contribution in [3.05, 3.63) is 130 Å². The summed E-state index contributed by atoms with van der Waals surface area (Å²) in [4.78, 5) is 44.2. The second-order valence-electron chi connectivity index (χ2n) is 8.50. The lowest BCUT2D eigenvalue weighted by Gasteiger charge is -2.15. The minimum atomic E-state index is -0.485. The van der Waals surface area contributed by atoms with Crippen molar-refractivity contribution in [3.8, 4) is 0 Å². The first-order valence-electron chi connectivity index (χ1n) is 12.2. The number of benzene rings is 4. The van der Waals surface area contributed by atoms with Crippen LogP contribution in [0.25, 0.3) is 6.08 Å². The normalized spacial score (nSPS) is 15.0. The highest BCUT2D eigenvalue weighted by molar-refractivity contribution is 8.19. The number of carbonyl (C=O) groups is 2. The topological polar surface area (TPSA) is 105 Å². The monoisotopic (exact) mass is 566 g/mol. The van der Waals surface area contributed by atoms with E-state index >= 15 is 0 Å². The van der Waals surface area contributed by atoms with Gasteiger partial charge >= 0.3 is 0 Å². The van der Waals surface area contributed by atoms with Crippen molar-refractivity contribution in [3.63, 3.8) is 0 Å². The number of hydrogen-bond donors (Lipinski definition) is 1. The van der Waals surface area contributed by atoms with Crippen LogP contribution in [0.3, 0.4) is 0 Å². The van der Waals surface area contributed by atoms with Crippen LogP contribution in [0.1, 0.15) is 5.56 Å². The molecule has 0 spiro atoms. The quantitative estimate of drug-likeness (QED) is 0.105. The first-order chi connectivity index (χ1) is 19.5. The summed E-state index contributed by atoms with van der Waals surface area (Å²) >= 11 is 2.28. The predicted octanol–water partition coefficient (Wildman–Crippen LogP) is 7.13. The number of nitrogens with zero attached hydrogens (tertiary/aromatic N) is 3. The number of amidine groups is 1. The van der Waals surface area contributed by atoms with E-state index in [0.29, 0.717) is 37.6 Å². The van der Waals surface area contributed by atoms with Crippen molar-refractivity contribution >= 4 is 69.3 Å². The smallest absolute Gasteiger partial charge is 0.283 e. The van der Waals surface area contributed by atoms with Crippen LogP contribution < -0.4 is 10.2 Å².